The number of methoxy groups -OCH3 is 3. The molecular weight excluding hydrogens is 386 g/mol. The van der Waals surface area contributed by atoms with Gasteiger partial charge in [0, 0.05) is 6.54 Å². The number of ether oxygens (including phenoxy) is 4. The molecule has 0 bridgehead atoms. The summed E-state index contributed by atoms with van der Waals surface area (Å²) in [5, 5.41) is 0. The molecule has 0 unspecified atom stereocenters. The van der Waals surface area contributed by atoms with E-state index in [0.29, 0.717) is 22.8 Å². The van der Waals surface area contributed by atoms with Crippen molar-refractivity contribution in [3.63, 3.8) is 0 Å². The van der Waals surface area contributed by atoms with E-state index in [4.69, 9.17) is 18.9 Å². The average Bonchev–Trinajstić information content (AvgIpc) is 2.71. The van der Waals surface area contributed by atoms with Gasteiger partial charge >= 0.3 is 5.97 Å². The molecule has 0 heterocycles. The predicted octanol–water partition coefficient (Wildman–Crippen LogP) is 2.37. The zero-order chi connectivity index (χ0) is 20.7. The van der Waals surface area contributed by atoms with Crippen molar-refractivity contribution in [2.45, 2.75) is 18.4 Å². The number of carbonyl (C=O) groups excluding carboxylic acids is 1. The van der Waals surface area contributed by atoms with E-state index in [2.05, 4.69) is 4.72 Å². The molecule has 0 radical (unpaired) electrons. The van der Waals surface area contributed by atoms with Gasteiger partial charge in [-0.1, -0.05) is 6.92 Å². The first-order valence-corrected chi connectivity index (χ1v) is 9.90. The van der Waals surface area contributed by atoms with Gasteiger partial charge in [0.05, 0.1) is 31.8 Å². The van der Waals surface area contributed by atoms with Crippen LogP contribution in [0.25, 0.3) is 0 Å². The Bertz CT molecular complexity index is 899. The summed E-state index contributed by atoms with van der Waals surface area (Å²) in [6.45, 7) is 1.94. The van der Waals surface area contributed by atoms with E-state index in [1.165, 1.54) is 45.6 Å². The van der Waals surface area contributed by atoms with Gasteiger partial charge in [0.15, 0.2) is 11.5 Å². The molecule has 0 aliphatic heterocycles. The van der Waals surface area contributed by atoms with Gasteiger partial charge in [-0.25, -0.2) is 17.9 Å². The molecule has 2 aromatic rings. The lowest BCUT2D eigenvalue weighted by molar-refractivity contribution is 0.0472. The minimum Gasteiger partial charge on any atom is -0.493 e. The SMILES string of the molecule is CCNS(=O)(=O)c1ccc(C(=O)OCc2cc(OC)c(OC)c(OC)c2)cc1. The maximum absolute atomic E-state index is 12.3. The van der Waals surface area contributed by atoms with Gasteiger partial charge in [0.25, 0.3) is 0 Å². The Morgan fingerprint density at radius 2 is 1.54 bits per heavy atom. The fraction of sp³-hybridized carbons (Fsp3) is 0.316. The van der Waals surface area contributed by atoms with Crippen molar-refractivity contribution < 1.29 is 32.2 Å². The lowest BCUT2D eigenvalue weighted by Gasteiger charge is -2.14. The van der Waals surface area contributed by atoms with E-state index in [0.717, 1.165) is 0 Å². The molecule has 9 heteroatoms. The molecule has 8 nitrogen and oxygen atoms in total. The number of sulfonamides is 1. The molecule has 152 valence electrons. The highest BCUT2D eigenvalue weighted by Gasteiger charge is 2.16. The lowest BCUT2D eigenvalue weighted by atomic mass is 10.2. The second kappa shape index (κ2) is 9.43. The molecule has 0 spiro atoms. The molecule has 0 aliphatic rings. The Labute approximate surface area is 164 Å². The normalized spacial score (nSPS) is 11.0. The molecular formula is C19H23NO7S. The van der Waals surface area contributed by atoms with E-state index in [1.807, 2.05) is 0 Å². The van der Waals surface area contributed by atoms with Crippen LogP contribution in [0.5, 0.6) is 17.2 Å². The summed E-state index contributed by atoms with van der Waals surface area (Å²) in [6, 6.07) is 8.88. The van der Waals surface area contributed by atoms with Gasteiger partial charge in [-0.05, 0) is 42.0 Å². The zero-order valence-corrected chi connectivity index (χ0v) is 17.0. The smallest absolute Gasteiger partial charge is 0.338 e. The molecule has 1 N–H and O–H groups in total. The maximum Gasteiger partial charge on any atom is 0.338 e. The minimum absolute atomic E-state index is 0.0208. The van der Waals surface area contributed by atoms with Gasteiger partial charge < -0.3 is 18.9 Å². The summed E-state index contributed by atoms with van der Waals surface area (Å²) >= 11 is 0. The summed E-state index contributed by atoms with van der Waals surface area (Å²) in [4.78, 5) is 12.3. The molecule has 0 aliphatic carbocycles. The molecule has 0 saturated carbocycles. The van der Waals surface area contributed by atoms with Gasteiger partial charge in [0.2, 0.25) is 15.8 Å². The maximum atomic E-state index is 12.3. The van der Waals surface area contributed by atoms with Crippen LogP contribution in [0, 0.1) is 0 Å². The van der Waals surface area contributed by atoms with Gasteiger partial charge in [-0.3, -0.25) is 0 Å². The van der Waals surface area contributed by atoms with Crippen LogP contribution in [0.4, 0.5) is 0 Å². The largest absolute Gasteiger partial charge is 0.493 e. The average molecular weight is 409 g/mol. The third-order valence-electron chi connectivity index (χ3n) is 3.83. The fourth-order valence-corrected chi connectivity index (χ4v) is 3.54. The highest BCUT2D eigenvalue weighted by atomic mass is 32.2. The van der Waals surface area contributed by atoms with Crippen molar-refractivity contribution in [2.75, 3.05) is 27.9 Å². The summed E-state index contributed by atoms with van der Waals surface area (Å²) in [5.41, 5.74) is 0.886. The molecule has 0 aromatic heterocycles. The highest BCUT2D eigenvalue weighted by Crippen LogP contribution is 2.38. The van der Waals surface area contributed by atoms with E-state index < -0.39 is 16.0 Å². The number of rotatable bonds is 9. The van der Waals surface area contributed by atoms with E-state index >= 15 is 0 Å². The van der Waals surface area contributed by atoms with Crippen LogP contribution >= 0.6 is 0 Å². The third-order valence-corrected chi connectivity index (χ3v) is 5.39. The highest BCUT2D eigenvalue weighted by molar-refractivity contribution is 7.89. The first-order chi connectivity index (χ1) is 13.4. The summed E-state index contributed by atoms with van der Waals surface area (Å²) in [6.07, 6.45) is 0. The van der Waals surface area contributed by atoms with Gasteiger partial charge in [-0.15, -0.1) is 0 Å². The molecule has 0 fully saturated rings. The monoisotopic (exact) mass is 409 g/mol. The summed E-state index contributed by atoms with van der Waals surface area (Å²) in [7, 11) is 0.920. The number of hydrogen-bond acceptors (Lipinski definition) is 7. The molecule has 0 amide bonds. The summed E-state index contributed by atoms with van der Waals surface area (Å²) < 4.78 is 47.3. The Hall–Kier alpha value is -2.78. The first kappa shape index (κ1) is 21.5. The Morgan fingerprint density at radius 1 is 0.964 bits per heavy atom. The fourth-order valence-electron chi connectivity index (χ4n) is 2.49. The van der Waals surface area contributed by atoms with Gasteiger partial charge in [0.1, 0.15) is 6.61 Å². The Morgan fingerprint density at radius 3 is 2.00 bits per heavy atom. The number of benzene rings is 2. The lowest BCUT2D eigenvalue weighted by Crippen LogP contribution is -2.23. The molecule has 28 heavy (non-hydrogen) atoms. The van der Waals surface area contributed by atoms with Crippen molar-refractivity contribution in [2.24, 2.45) is 0 Å². The quantitative estimate of drug-likeness (QED) is 0.635. The molecule has 2 aromatic carbocycles. The Balaban J connectivity index is 2.12. The number of hydrogen-bond donors (Lipinski definition) is 1. The Kier molecular flexibility index (Phi) is 7.24. The predicted molar refractivity (Wildman–Crippen MR) is 103 cm³/mol. The number of carbonyl (C=O) groups is 1. The number of esters is 1. The van der Waals surface area contributed by atoms with Crippen molar-refractivity contribution in [1.82, 2.24) is 4.72 Å². The summed E-state index contributed by atoms with van der Waals surface area (Å²) in [5.74, 6) is 0.760. The van der Waals surface area contributed by atoms with Crippen LogP contribution < -0.4 is 18.9 Å². The first-order valence-electron chi connectivity index (χ1n) is 8.42. The molecule has 0 saturated heterocycles. The van der Waals surface area contributed by atoms with Crippen LogP contribution in [0.15, 0.2) is 41.3 Å². The standard InChI is InChI=1S/C19H23NO7S/c1-5-20-28(22,23)15-8-6-14(7-9-15)19(21)27-12-13-10-16(24-2)18(26-4)17(11-13)25-3/h6-11,20H,5,12H2,1-4H3. The van der Waals surface area contributed by atoms with Crippen LogP contribution in [-0.4, -0.2) is 42.3 Å². The van der Waals surface area contributed by atoms with Crippen LogP contribution in [-0.2, 0) is 21.4 Å². The van der Waals surface area contributed by atoms with Crippen molar-refractivity contribution in [3.8, 4) is 17.2 Å². The van der Waals surface area contributed by atoms with E-state index in [-0.39, 0.29) is 23.6 Å². The third kappa shape index (κ3) is 4.93. The van der Waals surface area contributed by atoms with Crippen molar-refractivity contribution >= 4 is 16.0 Å². The van der Waals surface area contributed by atoms with E-state index in [9.17, 15) is 13.2 Å². The van der Waals surface area contributed by atoms with E-state index in [1.54, 1.807) is 19.1 Å². The number of nitrogens with one attached hydrogen (secondary N) is 1. The molecule has 2 rings (SSSR count). The van der Waals surface area contributed by atoms with Crippen LogP contribution in [0.2, 0.25) is 0 Å². The minimum atomic E-state index is -3.57. The zero-order valence-electron chi connectivity index (χ0n) is 16.1. The molecule has 0 atom stereocenters. The van der Waals surface area contributed by atoms with Crippen molar-refractivity contribution in [1.29, 1.82) is 0 Å². The van der Waals surface area contributed by atoms with Crippen molar-refractivity contribution in [3.05, 3.63) is 47.5 Å². The second-order valence-corrected chi connectivity index (χ2v) is 7.40. The van der Waals surface area contributed by atoms with Crippen LogP contribution in [0.3, 0.4) is 0 Å². The van der Waals surface area contributed by atoms with Gasteiger partial charge in [-0.2, -0.15) is 0 Å². The van der Waals surface area contributed by atoms with Crippen LogP contribution in [0.1, 0.15) is 22.8 Å². The topological polar surface area (TPSA) is 100 Å². The second-order valence-electron chi connectivity index (χ2n) is 5.64.